The van der Waals surface area contributed by atoms with Crippen molar-refractivity contribution in [1.29, 1.82) is 0 Å². The molecule has 0 saturated carbocycles. The summed E-state index contributed by atoms with van der Waals surface area (Å²) in [4.78, 5) is 16.5. The molecule has 1 aromatic carbocycles. The van der Waals surface area contributed by atoms with Crippen LogP contribution in [0.3, 0.4) is 0 Å². The Bertz CT molecular complexity index is 910. The van der Waals surface area contributed by atoms with E-state index in [2.05, 4.69) is 15.6 Å². The van der Waals surface area contributed by atoms with E-state index in [9.17, 15) is 9.90 Å². The third-order valence-electron chi connectivity index (χ3n) is 4.10. The van der Waals surface area contributed by atoms with Crippen molar-refractivity contribution in [2.45, 2.75) is 26.4 Å². The Kier molecular flexibility index (Phi) is 4.46. The number of aromatic nitrogens is 1. The highest BCUT2D eigenvalue weighted by molar-refractivity contribution is 5.99. The Morgan fingerprint density at radius 3 is 2.76 bits per heavy atom. The number of anilines is 1. The van der Waals surface area contributed by atoms with E-state index in [1.165, 1.54) is 0 Å². The summed E-state index contributed by atoms with van der Waals surface area (Å²) in [7, 11) is 0. The van der Waals surface area contributed by atoms with Gasteiger partial charge in [-0.1, -0.05) is 18.2 Å². The molecule has 0 aliphatic heterocycles. The van der Waals surface area contributed by atoms with Gasteiger partial charge in [-0.05, 0) is 39.0 Å². The Labute approximate surface area is 145 Å². The Morgan fingerprint density at radius 2 is 2.04 bits per heavy atom. The summed E-state index contributed by atoms with van der Waals surface area (Å²) in [5.74, 6) is 1.36. The van der Waals surface area contributed by atoms with E-state index in [4.69, 9.17) is 4.42 Å². The molecule has 0 saturated heterocycles. The van der Waals surface area contributed by atoms with E-state index < -0.39 is 11.6 Å². The maximum atomic E-state index is 12.2. The van der Waals surface area contributed by atoms with Gasteiger partial charge in [0.1, 0.15) is 17.1 Å². The number of fused-ring (bicyclic) bond motifs is 1. The van der Waals surface area contributed by atoms with Crippen LogP contribution in [0, 0.1) is 13.8 Å². The number of rotatable bonds is 4. The first-order valence-electron chi connectivity index (χ1n) is 8.05. The van der Waals surface area contributed by atoms with Crippen molar-refractivity contribution >= 4 is 22.6 Å². The number of urea groups is 1. The molecule has 0 bridgehead atoms. The molecule has 0 radical (unpaired) electrons. The van der Waals surface area contributed by atoms with Gasteiger partial charge in [-0.3, -0.25) is 4.98 Å². The number of furan rings is 1. The molecule has 1 atom stereocenters. The van der Waals surface area contributed by atoms with Gasteiger partial charge < -0.3 is 20.2 Å². The summed E-state index contributed by atoms with van der Waals surface area (Å²) in [5.41, 5.74) is 0.770. The number of aryl methyl sites for hydroxylation is 2. The largest absolute Gasteiger partial charge is 0.466 e. The molecule has 2 heterocycles. The van der Waals surface area contributed by atoms with E-state index in [1.54, 1.807) is 32.2 Å². The van der Waals surface area contributed by atoms with Gasteiger partial charge in [0.15, 0.2) is 0 Å². The number of hydrogen-bond acceptors (Lipinski definition) is 4. The first kappa shape index (κ1) is 17.0. The number of benzene rings is 1. The highest BCUT2D eigenvalue weighted by atomic mass is 16.3. The van der Waals surface area contributed by atoms with Crippen LogP contribution in [0.4, 0.5) is 10.5 Å². The van der Waals surface area contributed by atoms with Crippen LogP contribution in [0.5, 0.6) is 0 Å². The smallest absolute Gasteiger partial charge is 0.319 e. The van der Waals surface area contributed by atoms with Gasteiger partial charge in [0.25, 0.3) is 0 Å². The number of pyridine rings is 1. The highest BCUT2D eigenvalue weighted by Gasteiger charge is 2.28. The van der Waals surface area contributed by atoms with E-state index in [0.717, 1.165) is 11.1 Å². The Balaban J connectivity index is 1.69. The summed E-state index contributed by atoms with van der Waals surface area (Å²) in [5, 5.41) is 17.1. The van der Waals surface area contributed by atoms with Crippen LogP contribution in [-0.4, -0.2) is 22.7 Å². The van der Waals surface area contributed by atoms with Crippen LogP contribution >= 0.6 is 0 Å². The molecule has 6 nitrogen and oxygen atoms in total. The van der Waals surface area contributed by atoms with Crippen LogP contribution in [0.25, 0.3) is 10.9 Å². The predicted octanol–water partition coefficient (Wildman–Crippen LogP) is 3.47. The normalized spacial score (nSPS) is 13.4. The number of carbonyl (C=O) groups excluding carboxylic acids is 1. The van der Waals surface area contributed by atoms with Crippen LogP contribution < -0.4 is 10.6 Å². The molecule has 0 spiro atoms. The fourth-order valence-corrected chi connectivity index (χ4v) is 2.88. The first-order valence-corrected chi connectivity index (χ1v) is 8.05. The summed E-state index contributed by atoms with van der Waals surface area (Å²) in [6.45, 7) is 5.31. The zero-order valence-electron chi connectivity index (χ0n) is 14.5. The molecule has 0 fully saturated rings. The highest BCUT2D eigenvalue weighted by Crippen LogP contribution is 2.26. The van der Waals surface area contributed by atoms with Gasteiger partial charge in [0.05, 0.1) is 17.7 Å². The zero-order valence-corrected chi connectivity index (χ0v) is 14.5. The van der Waals surface area contributed by atoms with Gasteiger partial charge in [0, 0.05) is 17.1 Å². The average Bonchev–Trinajstić information content (AvgIpc) is 2.93. The lowest BCUT2D eigenvalue weighted by atomic mass is 9.96. The number of nitrogens with one attached hydrogen (secondary N) is 2. The van der Waals surface area contributed by atoms with Crippen molar-refractivity contribution < 1.29 is 14.3 Å². The van der Waals surface area contributed by atoms with Gasteiger partial charge in [-0.2, -0.15) is 0 Å². The summed E-state index contributed by atoms with van der Waals surface area (Å²) in [6.07, 6.45) is 1.68. The van der Waals surface area contributed by atoms with Gasteiger partial charge in [-0.15, -0.1) is 0 Å². The second-order valence-corrected chi connectivity index (χ2v) is 6.29. The molecule has 3 rings (SSSR count). The van der Waals surface area contributed by atoms with E-state index in [-0.39, 0.29) is 6.54 Å². The zero-order chi connectivity index (χ0) is 18.0. The number of hydrogen-bond donors (Lipinski definition) is 3. The van der Waals surface area contributed by atoms with Gasteiger partial charge >= 0.3 is 6.03 Å². The molecule has 6 heteroatoms. The maximum absolute atomic E-state index is 12.2. The quantitative estimate of drug-likeness (QED) is 0.679. The van der Waals surface area contributed by atoms with Crippen LogP contribution in [0.15, 0.2) is 47.0 Å². The lowest BCUT2D eigenvalue weighted by Gasteiger charge is -2.23. The summed E-state index contributed by atoms with van der Waals surface area (Å²) in [6, 6.07) is 10.7. The lowest BCUT2D eigenvalue weighted by molar-refractivity contribution is 0.0584. The molecule has 0 aliphatic rings. The Hall–Kier alpha value is -2.86. The van der Waals surface area contributed by atoms with Crippen LogP contribution in [-0.2, 0) is 5.60 Å². The first-order chi connectivity index (χ1) is 11.9. The molecular weight excluding hydrogens is 318 g/mol. The number of para-hydroxylation sites is 1. The minimum atomic E-state index is -1.23. The molecular formula is C19H21N3O3. The molecule has 1 unspecified atom stereocenters. The molecule has 3 N–H and O–H groups in total. The van der Waals surface area contributed by atoms with E-state index >= 15 is 0 Å². The van der Waals surface area contributed by atoms with Crippen molar-refractivity contribution in [3.05, 3.63) is 59.7 Å². The number of carbonyl (C=O) groups is 1. The summed E-state index contributed by atoms with van der Waals surface area (Å²) >= 11 is 0. The minimum absolute atomic E-state index is 0.0524. The van der Waals surface area contributed by atoms with Crippen molar-refractivity contribution in [2.24, 2.45) is 0 Å². The number of nitrogens with zero attached hydrogens (tertiary/aromatic N) is 1. The van der Waals surface area contributed by atoms with Gasteiger partial charge in [-0.25, -0.2) is 4.79 Å². The minimum Gasteiger partial charge on any atom is -0.466 e. The van der Waals surface area contributed by atoms with Crippen molar-refractivity contribution in [2.75, 3.05) is 11.9 Å². The third kappa shape index (κ3) is 3.64. The molecule has 3 aromatic rings. The van der Waals surface area contributed by atoms with E-state index in [1.807, 2.05) is 31.2 Å². The fourth-order valence-electron chi connectivity index (χ4n) is 2.88. The molecule has 2 aromatic heterocycles. The van der Waals surface area contributed by atoms with Crippen molar-refractivity contribution in [1.82, 2.24) is 10.3 Å². The molecule has 25 heavy (non-hydrogen) atoms. The average molecular weight is 339 g/mol. The second kappa shape index (κ2) is 6.57. The van der Waals surface area contributed by atoms with Crippen LogP contribution in [0.2, 0.25) is 0 Å². The number of aliphatic hydroxyl groups is 1. The van der Waals surface area contributed by atoms with Crippen LogP contribution in [0.1, 0.15) is 24.0 Å². The molecule has 0 aliphatic carbocycles. The van der Waals surface area contributed by atoms with Crippen molar-refractivity contribution in [3.8, 4) is 0 Å². The lowest BCUT2D eigenvalue weighted by Crippen LogP contribution is -2.40. The predicted molar refractivity (Wildman–Crippen MR) is 96.5 cm³/mol. The third-order valence-corrected chi connectivity index (χ3v) is 4.10. The second-order valence-electron chi connectivity index (χ2n) is 6.29. The molecule has 2 amide bonds. The van der Waals surface area contributed by atoms with Crippen molar-refractivity contribution in [3.63, 3.8) is 0 Å². The monoisotopic (exact) mass is 339 g/mol. The standard InChI is InChI=1S/C19H21N3O3/c1-12-10-15(13(2)25-12)19(3,24)11-21-18(23)22-16-8-4-6-14-7-5-9-20-17(14)16/h4-10,24H,11H2,1-3H3,(H2,21,22,23). The fraction of sp³-hybridized carbons (Fsp3) is 0.263. The Morgan fingerprint density at radius 1 is 1.28 bits per heavy atom. The van der Waals surface area contributed by atoms with E-state index in [0.29, 0.717) is 22.5 Å². The summed E-state index contributed by atoms with van der Waals surface area (Å²) < 4.78 is 5.45. The number of amides is 2. The van der Waals surface area contributed by atoms with Gasteiger partial charge in [0.2, 0.25) is 0 Å². The maximum Gasteiger partial charge on any atom is 0.319 e. The topological polar surface area (TPSA) is 87.4 Å². The molecule has 130 valence electrons. The SMILES string of the molecule is Cc1cc(C(C)(O)CNC(=O)Nc2cccc3cccnc23)c(C)o1.